The number of nitrogens with one attached hydrogen (secondary N) is 2. The van der Waals surface area contributed by atoms with Gasteiger partial charge in [-0.3, -0.25) is 4.79 Å². The Morgan fingerprint density at radius 3 is 2.42 bits per heavy atom. The van der Waals surface area contributed by atoms with Crippen LogP contribution < -0.4 is 10.6 Å². The van der Waals surface area contributed by atoms with E-state index in [0.29, 0.717) is 21.6 Å². The third-order valence-corrected chi connectivity index (χ3v) is 3.01. The summed E-state index contributed by atoms with van der Waals surface area (Å²) in [6, 6.07) is 8.74. The summed E-state index contributed by atoms with van der Waals surface area (Å²) >= 11 is 11.8. The molecule has 0 saturated carbocycles. The molecule has 0 unspecified atom stereocenters. The lowest BCUT2D eigenvalue weighted by Gasteiger charge is -2.07. The molecule has 0 aliphatic carbocycles. The normalized spacial score (nSPS) is 10.1. The van der Waals surface area contributed by atoms with E-state index < -0.39 is 0 Å². The first kappa shape index (κ1) is 13.6. The van der Waals surface area contributed by atoms with Crippen LogP contribution in [0.2, 0.25) is 10.0 Å². The Kier molecular flexibility index (Phi) is 4.24. The highest BCUT2D eigenvalue weighted by atomic mass is 35.5. The fourth-order valence-corrected chi connectivity index (χ4v) is 1.76. The zero-order chi connectivity index (χ0) is 13.8. The van der Waals surface area contributed by atoms with Gasteiger partial charge in [-0.15, -0.1) is 0 Å². The number of anilines is 3. The molecule has 0 atom stereocenters. The summed E-state index contributed by atoms with van der Waals surface area (Å²) in [7, 11) is 0. The van der Waals surface area contributed by atoms with Crippen LogP contribution in [-0.4, -0.2) is 10.9 Å². The molecule has 0 fully saturated rings. The Bertz CT molecular complexity index is 599. The van der Waals surface area contributed by atoms with E-state index in [4.69, 9.17) is 23.2 Å². The van der Waals surface area contributed by atoms with Crippen molar-refractivity contribution in [2.24, 2.45) is 0 Å². The molecule has 0 spiro atoms. The average molecular weight is 296 g/mol. The van der Waals surface area contributed by atoms with Crippen molar-refractivity contribution in [3.8, 4) is 0 Å². The van der Waals surface area contributed by atoms with Crippen molar-refractivity contribution in [1.29, 1.82) is 0 Å². The van der Waals surface area contributed by atoms with E-state index in [-0.39, 0.29) is 5.91 Å². The van der Waals surface area contributed by atoms with Crippen LogP contribution in [0, 0.1) is 0 Å². The molecule has 0 radical (unpaired) electrons. The Labute approximate surface area is 120 Å². The summed E-state index contributed by atoms with van der Waals surface area (Å²) in [6.07, 6.45) is 1.57. The second-order valence-corrected chi connectivity index (χ2v) is 4.68. The van der Waals surface area contributed by atoms with Gasteiger partial charge in [0.2, 0.25) is 5.91 Å². The second kappa shape index (κ2) is 5.91. The highest BCUT2D eigenvalue weighted by Gasteiger charge is 2.01. The van der Waals surface area contributed by atoms with Gasteiger partial charge in [0.15, 0.2) is 0 Å². The minimum absolute atomic E-state index is 0.132. The zero-order valence-corrected chi connectivity index (χ0v) is 11.6. The molecule has 1 amide bonds. The molecule has 2 aromatic rings. The Morgan fingerprint density at radius 1 is 1.11 bits per heavy atom. The van der Waals surface area contributed by atoms with Crippen molar-refractivity contribution in [1.82, 2.24) is 4.98 Å². The summed E-state index contributed by atoms with van der Waals surface area (Å²) < 4.78 is 0. The van der Waals surface area contributed by atoms with Gasteiger partial charge in [-0.25, -0.2) is 4.98 Å². The third-order valence-electron chi connectivity index (χ3n) is 2.28. The number of aromatic nitrogens is 1. The van der Waals surface area contributed by atoms with Gasteiger partial charge >= 0.3 is 0 Å². The van der Waals surface area contributed by atoms with Gasteiger partial charge in [0.05, 0.1) is 21.9 Å². The second-order valence-electron chi connectivity index (χ2n) is 3.87. The maximum Gasteiger partial charge on any atom is 0.221 e. The van der Waals surface area contributed by atoms with Gasteiger partial charge in [0.25, 0.3) is 0 Å². The van der Waals surface area contributed by atoms with E-state index in [2.05, 4.69) is 15.6 Å². The SMILES string of the molecule is CC(=O)Nc1ccc(Nc2ccc(Cl)c(Cl)c2)nc1. The number of rotatable bonds is 3. The van der Waals surface area contributed by atoms with E-state index >= 15 is 0 Å². The van der Waals surface area contributed by atoms with E-state index in [1.807, 2.05) is 0 Å². The number of nitrogens with zero attached hydrogens (tertiary/aromatic N) is 1. The minimum Gasteiger partial charge on any atom is -0.340 e. The Hall–Kier alpha value is -1.78. The number of hydrogen-bond acceptors (Lipinski definition) is 3. The third kappa shape index (κ3) is 3.84. The van der Waals surface area contributed by atoms with Crippen molar-refractivity contribution in [2.75, 3.05) is 10.6 Å². The van der Waals surface area contributed by atoms with E-state index in [0.717, 1.165) is 5.69 Å². The molecule has 19 heavy (non-hydrogen) atoms. The van der Waals surface area contributed by atoms with Crippen molar-refractivity contribution >= 4 is 46.3 Å². The Morgan fingerprint density at radius 2 is 1.84 bits per heavy atom. The summed E-state index contributed by atoms with van der Waals surface area (Å²) in [4.78, 5) is 15.1. The number of hydrogen-bond donors (Lipinski definition) is 2. The largest absolute Gasteiger partial charge is 0.340 e. The van der Waals surface area contributed by atoms with Crippen LogP contribution in [-0.2, 0) is 4.79 Å². The minimum atomic E-state index is -0.132. The standard InChI is InChI=1S/C13H11Cl2N3O/c1-8(19)17-10-3-5-13(16-7-10)18-9-2-4-11(14)12(15)6-9/h2-7H,1H3,(H,16,18)(H,17,19). The first-order chi connectivity index (χ1) is 9.04. The van der Waals surface area contributed by atoms with Crippen molar-refractivity contribution in [3.05, 3.63) is 46.6 Å². The lowest BCUT2D eigenvalue weighted by molar-refractivity contribution is -0.114. The maximum atomic E-state index is 10.9. The average Bonchev–Trinajstić information content (AvgIpc) is 2.36. The maximum absolute atomic E-state index is 10.9. The van der Waals surface area contributed by atoms with Crippen LogP contribution in [0.4, 0.5) is 17.2 Å². The number of carbonyl (C=O) groups excluding carboxylic acids is 1. The van der Waals surface area contributed by atoms with Gasteiger partial charge in [-0.05, 0) is 30.3 Å². The van der Waals surface area contributed by atoms with Crippen LogP contribution in [0.25, 0.3) is 0 Å². The fourth-order valence-electron chi connectivity index (χ4n) is 1.47. The van der Waals surface area contributed by atoms with Gasteiger partial charge < -0.3 is 10.6 Å². The molecule has 1 aromatic heterocycles. The monoisotopic (exact) mass is 295 g/mol. The van der Waals surface area contributed by atoms with Crippen molar-refractivity contribution < 1.29 is 4.79 Å². The molecule has 6 heteroatoms. The van der Waals surface area contributed by atoms with Crippen molar-refractivity contribution in [2.45, 2.75) is 6.92 Å². The number of carbonyl (C=O) groups is 1. The van der Waals surface area contributed by atoms with E-state index in [1.165, 1.54) is 6.92 Å². The van der Waals surface area contributed by atoms with Crippen LogP contribution in [0.3, 0.4) is 0 Å². The highest BCUT2D eigenvalue weighted by molar-refractivity contribution is 6.42. The molecule has 1 heterocycles. The number of pyridine rings is 1. The van der Waals surface area contributed by atoms with Gasteiger partial charge in [-0.1, -0.05) is 23.2 Å². The summed E-state index contributed by atoms with van der Waals surface area (Å²) in [5, 5.41) is 6.70. The highest BCUT2D eigenvalue weighted by Crippen LogP contribution is 2.26. The van der Waals surface area contributed by atoms with Crippen LogP contribution in [0.5, 0.6) is 0 Å². The van der Waals surface area contributed by atoms with E-state index in [1.54, 1.807) is 36.5 Å². The van der Waals surface area contributed by atoms with Crippen LogP contribution in [0.1, 0.15) is 6.92 Å². The summed E-state index contributed by atoms with van der Waals surface area (Å²) in [5.74, 6) is 0.513. The number of amides is 1. The lowest BCUT2D eigenvalue weighted by atomic mass is 10.3. The van der Waals surface area contributed by atoms with Gasteiger partial charge in [-0.2, -0.15) is 0 Å². The molecule has 0 aliphatic rings. The lowest BCUT2D eigenvalue weighted by Crippen LogP contribution is -2.06. The van der Waals surface area contributed by atoms with Crippen molar-refractivity contribution in [3.63, 3.8) is 0 Å². The molecule has 98 valence electrons. The summed E-state index contributed by atoms with van der Waals surface area (Å²) in [6.45, 7) is 1.45. The predicted molar refractivity (Wildman–Crippen MR) is 78.3 cm³/mol. The molecular formula is C13H11Cl2N3O. The molecule has 1 aromatic carbocycles. The molecule has 0 bridgehead atoms. The van der Waals surface area contributed by atoms with Gasteiger partial charge in [0.1, 0.15) is 5.82 Å². The molecule has 4 nitrogen and oxygen atoms in total. The topological polar surface area (TPSA) is 54.0 Å². The molecule has 2 rings (SSSR count). The molecule has 2 N–H and O–H groups in total. The predicted octanol–water partition coefficient (Wildman–Crippen LogP) is 4.09. The molecular weight excluding hydrogens is 285 g/mol. The number of halogens is 2. The van der Waals surface area contributed by atoms with Crippen LogP contribution >= 0.6 is 23.2 Å². The molecule has 0 aliphatic heterocycles. The first-order valence-corrected chi connectivity index (χ1v) is 6.26. The smallest absolute Gasteiger partial charge is 0.221 e. The molecule has 0 saturated heterocycles. The van der Waals surface area contributed by atoms with Crippen LogP contribution in [0.15, 0.2) is 36.5 Å². The fraction of sp³-hybridized carbons (Fsp3) is 0.0769. The van der Waals surface area contributed by atoms with E-state index in [9.17, 15) is 4.79 Å². The summed E-state index contributed by atoms with van der Waals surface area (Å²) in [5.41, 5.74) is 1.43. The number of benzene rings is 1. The quantitative estimate of drug-likeness (QED) is 0.897. The zero-order valence-electron chi connectivity index (χ0n) is 10.1. The Balaban J connectivity index is 2.10. The first-order valence-electron chi connectivity index (χ1n) is 5.50. The van der Waals surface area contributed by atoms with Gasteiger partial charge in [0, 0.05) is 12.6 Å².